The minimum Gasteiger partial charge on any atom is -0.274 e. The number of hydrogen-bond acceptors (Lipinski definition) is 4. The number of benzene rings is 2. The SMILES string of the molecule is CC(=O)N(c1nc(CSc2ccc(C)cc2)cs1)c1c(C)cc(C)cc1Cl. The van der Waals surface area contributed by atoms with Crippen LogP contribution < -0.4 is 4.90 Å². The number of aromatic nitrogens is 1. The molecule has 3 rings (SSSR count). The molecule has 0 N–H and O–H groups in total. The predicted molar refractivity (Wildman–Crippen MR) is 117 cm³/mol. The van der Waals surface area contributed by atoms with Crippen LogP contribution in [-0.2, 0) is 10.5 Å². The Hall–Kier alpha value is -1.82. The van der Waals surface area contributed by atoms with Crippen molar-refractivity contribution in [3.8, 4) is 0 Å². The number of amides is 1. The van der Waals surface area contributed by atoms with E-state index < -0.39 is 0 Å². The number of rotatable bonds is 5. The molecule has 0 unspecified atom stereocenters. The van der Waals surface area contributed by atoms with Crippen molar-refractivity contribution in [3.05, 3.63) is 69.2 Å². The molecule has 0 spiro atoms. The summed E-state index contributed by atoms with van der Waals surface area (Å²) < 4.78 is 0. The number of hydrogen-bond donors (Lipinski definition) is 0. The van der Waals surface area contributed by atoms with E-state index in [0.29, 0.717) is 15.8 Å². The van der Waals surface area contributed by atoms with Gasteiger partial charge in [0.2, 0.25) is 5.91 Å². The topological polar surface area (TPSA) is 33.2 Å². The van der Waals surface area contributed by atoms with Crippen LogP contribution in [0.1, 0.15) is 29.3 Å². The molecule has 0 fully saturated rings. The van der Waals surface area contributed by atoms with Gasteiger partial charge in [0.1, 0.15) is 0 Å². The Bertz CT molecular complexity index is 944. The van der Waals surface area contributed by atoms with E-state index in [4.69, 9.17) is 11.6 Å². The summed E-state index contributed by atoms with van der Waals surface area (Å²) in [5.41, 5.74) is 4.94. The monoisotopic (exact) mass is 416 g/mol. The van der Waals surface area contributed by atoms with Crippen LogP contribution in [0.15, 0.2) is 46.7 Å². The predicted octanol–water partition coefficient (Wildman–Crippen LogP) is 6.70. The van der Waals surface area contributed by atoms with Crippen molar-refractivity contribution >= 4 is 51.4 Å². The maximum atomic E-state index is 12.4. The zero-order chi connectivity index (χ0) is 19.6. The molecule has 0 atom stereocenters. The minimum atomic E-state index is -0.101. The lowest BCUT2D eigenvalue weighted by molar-refractivity contribution is -0.115. The zero-order valence-corrected chi connectivity index (χ0v) is 18.1. The third-order valence-electron chi connectivity index (χ3n) is 4.08. The normalized spacial score (nSPS) is 10.9. The van der Waals surface area contributed by atoms with Gasteiger partial charge in [-0.15, -0.1) is 23.1 Å². The summed E-state index contributed by atoms with van der Waals surface area (Å²) in [6.07, 6.45) is 0. The molecule has 140 valence electrons. The second-order valence-corrected chi connectivity index (χ2v) is 8.78. The Balaban J connectivity index is 1.84. The van der Waals surface area contributed by atoms with Crippen LogP contribution in [0.25, 0.3) is 0 Å². The van der Waals surface area contributed by atoms with E-state index in [2.05, 4.69) is 36.2 Å². The Kier molecular flexibility index (Phi) is 6.25. The van der Waals surface area contributed by atoms with Gasteiger partial charge < -0.3 is 0 Å². The standard InChI is InChI=1S/C21H21ClN2OS2/c1-13-5-7-18(8-6-13)26-11-17-12-27-21(23-17)24(16(4)25)20-15(3)9-14(2)10-19(20)22/h5-10,12H,11H2,1-4H3. The molecule has 0 aliphatic rings. The van der Waals surface area contributed by atoms with Crippen molar-refractivity contribution in [2.45, 2.75) is 38.3 Å². The van der Waals surface area contributed by atoms with Crippen LogP contribution in [0.5, 0.6) is 0 Å². The molecule has 0 saturated heterocycles. The Morgan fingerprint density at radius 2 is 1.85 bits per heavy atom. The van der Waals surface area contributed by atoms with Crippen molar-refractivity contribution in [1.29, 1.82) is 0 Å². The third-order valence-corrected chi connectivity index (χ3v) is 6.28. The van der Waals surface area contributed by atoms with Crippen molar-refractivity contribution < 1.29 is 4.79 Å². The van der Waals surface area contributed by atoms with E-state index in [9.17, 15) is 4.79 Å². The lowest BCUT2D eigenvalue weighted by Crippen LogP contribution is -2.24. The fourth-order valence-electron chi connectivity index (χ4n) is 2.84. The molecule has 0 saturated carbocycles. The number of nitrogens with zero attached hydrogens (tertiary/aromatic N) is 2. The molecule has 0 radical (unpaired) electrons. The van der Waals surface area contributed by atoms with E-state index in [0.717, 1.165) is 22.6 Å². The lowest BCUT2D eigenvalue weighted by atomic mass is 10.1. The Labute approximate surface area is 173 Å². The van der Waals surface area contributed by atoms with Gasteiger partial charge in [-0.25, -0.2) is 4.98 Å². The summed E-state index contributed by atoms with van der Waals surface area (Å²) >= 11 is 9.66. The number of anilines is 2. The molecule has 1 amide bonds. The minimum absolute atomic E-state index is 0.101. The van der Waals surface area contributed by atoms with Gasteiger partial charge >= 0.3 is 0 Å². The molecule has 0 aliphatic heterocycles. The zero-order valence-electron chi connectivity index (χ0n) is 15.7. The highest BCUT2D eigenvalue weighted by molar-refractivity contribution is 7.98. The second-order valence-electron chi connectivity index (χ2n) is 6.49. The van der Waals surface area contributed by atoms with Crippen molar-refractivity contribution in [3.63, 3.8) is 0 Å². The van der Waals surface area contributed by atoms with E-state index >= 15 is 0 Å². The van der Waals surface area contributed by atoms with Gasteiger partial charge in [0.15, 0.2) is 5.13 Å². The maximum absolute atomic E-state index is 12.4. The second kappa shape index (κ2) is 8.46. The molecule has 3 nitrogen and oxygen atoms in total. The molecular formula is C21H21ClN2OS2. The van der Waals surface area contributed by atoms with Gasteiger partial charge in [-0.3, -0.25) is 9.69 Å². The fourth-order valence-corrected chi connectivity index (χ4v) is 5.01. The molecule has 0 aliphatic carbocycles. The quantitative estimate of drug-likeness (QED) is 0.434. The Morgan fingerprint density at radius 3 is 2.48 bits per heavy atom. The van der Waals surface area contributed by atoms with Gasteiger partial charge in [-0.05, 0) is 50.1 Å². The van der Waals surface area contributed by atoms with Crippen LogP contribution in [0.3, 0.4) is 0 Å². The first kappa shape index (κ1) is 19.9. The van der Waals surface area contributed by atoms with Gasteiger partial charge in [0.05, 0.1) is 16.4 Å². The number of thiazole rings is 1. The number of aryl methyl sites for hydroxylation is 3. The van der Waals surface area contributed by atoms with Crippen LogP contribution in [0.2, 0.25) is 5.02 Å². The average Bonchev–Trinajstić information content (AvgIpc) is 3.05. The molecule has 1 heterocycles. The van der Waals surface area contributed by atoms with Crippen molar-refractivity contribution in [2.24, 2.45) is 0 Å². The highest BCUT2D eigenvalue weighted by Gasteiger charge is 2.22. The highest BCUT2D eigenvalue weighted by Crippen LogP contribution is 2.38. The van der Waals surface area contributed by atoms with E-state index in [-0.39, 0.29) is 5.91 Å². The molecular weight excluding hydrogens is 396 g/mol. The van der Waals surface area contributed by atoms with Crippen LogP contribution >= 0.6 is 34.7 Å². The summed E-state index contributed by atoms with van der Waals surface area (Å²) in [6.45, 7) is 7.57. The summed E-state index contributed by atoms with van der Waals surface area (Å²) in [7, 11) is 0. The first-order valence-electron chi connectivity index (χ1n) is 8.56. The first-order chi connectivity index (χ1) is 12.8. The fraction of sp³-hybridized carbons (Fsp3) is 0.238. The largest absolute Gasteiger partial charge is 0.274 e. The smallest absolute Gasteiger partial charge is 0.230 e. The molecule has 27 heavy (non-hydrogen) atoms. The molecule has 0 bridgehead atoms. The lowest BCUT2D eigenvalue weighted by Gasteiger charge is -2.22. The summed E-state index contributed by atoms with van der Waals surface area (Å²) in [4.78, 5) is 19.9. The van der Waals surface area contributed by atoms with Gasteiger partial charge in [0.25, 0.3) is 0 Å². The van der Waals surface area contributed by atoms with Crippen LogP contribution in [0.4, 0.5) is 10.8 Å². The maximum Gasteiger partial charge on any atom is 0.230 e. The molecule has 6 heteroatoms. The number of carbonyl (C=O) groups excluding carboxylic acids is 1. The van der Waals surface area contributed by atoms with Gasteiger partial charge in [-0.2, -0.15) is 0 Å². The summed E-state index contributed by atoms with van der Waals surface area (Å²) in [5, 5.41) is 3.22. The van der Waals surface area contributed by atoms with E-state index in [1.165, 1.54) is 28.7 Å². The molecule has 3 aromatic rings. The summed E-state index contributed by atoms with van der Waals surface area (Å²) in [6, 6.07) is 12.3. The van der Waals surface area contributed by atoms with Crippen molar-refractivity contribution in [2.75, 3.05) is 4.90 Å². The molecule has 1 aromatic heterocycles. The number of carbonyl (C=O) groups is 1. The van der Waals surface area contributed by atoms with E-state index in [1.807, 2.05) is 31.4 Å². The Morgan fingerprint density at radius 1 is 1.15 bits per heavy atom. The van der Waals surface area contributed by atoms with Gasteiger partial charge in [0, 0.05) is 23.0 Å². The van der Waals surface area contributed by atoms with Crippen LogP contribution in [0, 0.1) is 20.8 Å². The third kappa shape index (κ3) is 4.72. The van der Waals surface area contributed by atoms with Crippen LogP contribution in [-0.4, -0.2) is 10.9 Å². The average molecular weight is 417 g/mol. The summed E-state index contributed by atoms with van der Waals surface area (Å²) in [5.74, 6) is 0.655. The van der Waals surface area contributed by atoms with E-state index in [1.54, 1.807) is 16.7 Å². The number of halogens is 1. The first-order valence-corrected chi connectivity index (χ1v) is 10.8. The highest BCUT2D eigenvalue weighted by atomic mass is 35.5. The number of thioether (sulfide) groups is 1. The van der Waals surface area contributed by atoms with Gasteiger partial charge in [-0.1, -0.05) is 35.4 Å². The molecule has 2 aromatic carbocycles. The van der Waals surface area contributed by atoms with Crippen molar-refractivity contribution in [1.82, 2.24) is 4.98 Å².